The summed E-state index contributed by atoms with van der Waals surface area (Å²) < 4.78 is 27.1. The number of hydrogen-bond donors (Lipinski definition) is 1. The van der Waals surface area contributed by atoms with Crippen LogP contribution in [0.2, 0.25) is 0 Å². The molecule has 0 atom stereocenters. The minimum atomic E-state index is -3.53. The second-order valence-corrected chi connectivity index (χ2v) is 10.6. The summed E-state index contributed by atoms with van der Waals surface area (Å²) in [7, 11) is -3.53. The number of benzene rings is 2. The highest BCUT2D eigenvalue weighted by Crippen LogP contribution is 2.27. The summed E-state index contributed by atoms with van der Waals surface area (Å²) in [5, 5.41) is 4.47. The molecular weight excluding hydrogens is 442 g/mol. The van der Waals surface area contributed by atoms with E-state index in [-0.39, 0.29) is 16.6 Å². The second-order valence-electron chi connectivity index (χ2n) is 7.70. The first-order valence-electron chi connectivity index (χ1n) is 10.6. The molecule has 0 unspecified atom stereocenters. The van der Waals surface area contributed by atoms with Crippen LogP contribution >= 0.6 is 11.8 Å². The number of pyridine rings is 1. The molecule has 0 spiro atoms. The fourth-order valence-corrected chi connectivity index (χ4v) is 5.83. The van der Waals surface area contributed by atoms with Gasteiger partial charge in [-0.25, -0.2) is 13.4 Å². The third-order valence-electron chi connectivity index (χ3n) is 5.31. The van der Waals surface area contributed by atoms with E-state index in [0.717, 1.165) is 32.8 Å². The first kappa shape index (κ1) is 24.2. The van der Waals surface area contributed by atoms with Crippen LogP contribution < -0.4 is 5.32 Å². The van der Waals surface area contributed by atoms with Gasteiger partial charge in [0.05, 0.1) is 21.2 Å². The summed E-state index contributed by atoms with van der Waals surface area (Å²) in [6, 6.07) is 12.8. The number of rotatable bonds is 8. The Bertz CT molecular complexity index is 1250. The molecule has 170 valence electrons. The lowest BCUT2D eigenvalue weighted by molar-refractivity contribution is -0.113. The number of carbonyl (C=O) groups is 1. The van der Waals surface area contributed by atoms with Gasteiger partial charge in [0.15, 0.2) is 0 Å². The van der Waals surface area contributed by atoms with Crippen molar-refractivity contribution in [2.75, 3.05) is 24.2 Å². The smallest absolute Gasteiger partial charge is 0.243 e. The number of amides is 1. The number of anilines is 1. The number of thioether (sulfide) groups is 1. The maximum atomic E-state index is 12.8. The monoisotopic (exact) mass is 471 g/mol. The zero-order valence-electron chi connectivity index (χ0n) is 19.1. The maximum absolute atomic E-state index is 12.8. The Labute approximate surface area is 194 Å². The molecule has 3 aromatic rings. The summed E-state index contributed by atoms with van der Waals surface area (Å²) in [6.45, 7) is 10.4. The zero-order chi connectivity index (χ0) is 23.5. The van der Waals surface area contributed by atoms with Gasteiger partial charge in [-0.3, -0.25) is 4.79 Å². The van der Waals surface area contributed by atoms with E-state index in [2.05, 4.69) is 10.3 Å². The van der Waals surface area contributed by atoms with E-state index in [9.17, 15) is 13.2 Å². The van der Waals surface area contributed by atoms with E-state index in [0.29, 0.717) is 18.6 Å². The quantitative estimate of drug-likeness (QED) is 0.472. The lowest BCUT2D eigenvalue weighted by Crippen LogP contribution is -2.30. The first-order chi connectivity index (χ1) is 15.1. The molecule has 0 aliphatic rings. The van der Waals surface area contributed by atoms with Gasteiger partial charge in [-0.05, 0) is 62.2 Å². The third kappa shape index (κ3) is 5.31. The molecule has 0 aliphatic carbocycles. The molecule has 1 aromatic heterocycles. The summed E-state index contributed by atoms with van der Waals surface area (Å²) in [6.07, 6.45) is 0. The second kappa shape index (κ2) is 10.0. The minimum absolute atomic E-state index is 0.0952. The van der Waals surface area contributed by atoms with Crippen LogP contribution in [0.4, 0.5) is 5.69 Å². The molecule has 3 rings (SSSR count). The predicted octanol–water partition coefficient (Wildman–Crippen LogP) is 4.92. The number of sulfonamides is 1. The molecule has 8 heteroatoms. The highest BCUT2D eigenvalue weighted by molar-refractivity contribution is 7.99. The van der Waals surface area contributed by atoms with E-state index >= 15 is 0 Å². The molecule has 0 saturated heterocycles. The van der Waals surface area contributed by atoms with Gasteiger partial charge in [0.2, 0.25) is 15.9 Å². The number of aryl methyl sites for hydroxylation is 3. The van der Waals surface area contributed by atoms with Crippen molar-refractivity contribution in [3.05, 3.63) is 59.2 Å². The number of aromatic nitrogens is 1. The molecule has 0 saturated carbocycles. The van der Waals surface area contributed by atoms with E-state index in [1.54, 1.807) is 18.2 Å². The number of carbonyl (C=O) groups excluding carboxylic acids is 1. The first-order valence-corrected chi connectivity index (χ1v) is 13.0. The van der Waals surface area contributed by atoms with E-state index in [1.165, 1.54) is 16.1 Å². The van der Waals surface area contributed by atoms with Gasteiger partial charge >= 0.3 is 0 Å². The molecule has 32 heavy (non-hydrogen) atoms. The molecule has 6 nitrogen and oxygen atoms in total. The summed E-state index contributed by atoms with van der Waals surface area (Å²) in [5.41, 5.74) is 4.62. The number of nitrogens with zero attached hydrogens (tertiary/aromatic N) is 2. The fourth-order valence-electron chi connectivity index (χ4n) is 3.57. The normalized spacial score (nSPS) is 11.8. The highest BCUT2D eigenvalue weighted by Gasteiger charge is 2.22. The van der Waals surface area contributed by atoms with Crippen molar-refractivity contribution in [2.45, 2.75) is 44.5 Å². The Morgan fingerprint density at radius 3 is 2.38 bits per heavy atom. The molecule has 1 N–H and O–H groups in total. The van der Waals surface area contributed by atoms with Crippen molar-refractivity contribution < 1.29 is 13.2 Å². The van der Waals surface area contributed by atoms with Crippen molar-refractivity contribution >= 4 is 44.3 Å². The number of hydrogen-bond acceptors (Lipinski definition) is 5. The van der Waals surface area contributed by atoms with Crippen LogP contribution in [0.3, 0.4) is 0 Å². The van der Waals surface area contributed by atoms with Gasteiger partial charge in [0.25, 0.3) is 0 Å². The van der Waals surface area contributed by atoms with Crippen LogP contribution in [0.25, 0.3) is 10.9 Å². The standard InChI is InChI=1S/C24H29N3O3S2/c1-6-27(7-2)32(29,30)19-9-11-22-20(14-19)17(4)13-24(26-22)31-15-23(28)25-21-10-8-16(3)12-18(21)5/h8-14H,6-7,15H2,1-5H3,(H,25,28). The Morgan fingerprint density at radius 2 is 1.72 bits per heavy atom. The van der Waals surface area contributed by atoms with Crippen LogP contribution in [0.5, 0.6) is 0 Å². The molecule has 0 fully saturated rings. The number of nitrogens with one attached hydrogen (secondary N) is 1. The largest absolute Gasteiger partial charge is 0.325 e. The molecule has 1 heterocycles. The van der Waals surface area contributed by atoms with Crippen LogP contribution in [-0.4, -0.2) is 42.5 Å². The average Bonchev–Trinajstić information content (AvgIpc) is 2.74. The average molecular weight is 472 g/mol. The van der Waals surface area contributed by atoms with Gasteiger partial charge in [0.1, 0.15) is 0 Å². The van der Waals surface area contributed by atoms with Crippen LogP contribution in [0.15, 0.2) is 52.4 Å². The lowest BCUT2D eigenvalue weighted by atomic mass is 10.1. The SMILES string of the molecule is CCN(CC)S(=O)(=O)c1ccc2nc(SCC(=O)Nc3ccc(C)cc3C)cc(C)c2c1. The third-order valence-corrected chi connectivity index (χ3v) is 8.27. The van der Waals surface area contributed by atoms with E-state index < -0.39 is 10.0 Å². The molecule has 0 aliphatic heterocycles. The van der Waals surface area contributed by atoms with Gasteiger partial charge in [-0.15, -0.1) is 0 Å². The van der Waals surface area contributed by atoms with Crippen molar-refractivity contribution in [3.8, 4) is 0 Å². The summed E-state index contributed by atoms with van der Waals surface area (Å²) >= 11 is 1.36. The van der Waals surface area contributed by atoms with Crippen LogP contribution in [-0.2, 0) is 14.8 Å². The lowest BCUT2D eigenvalue weighted by Gasteiger charge is -2.19. The van der Waals surface area contributed by atoms with Gasteiger partial charge in [-0.2, -0.15) is 4.31 Å². The Hall–Kier alpha value is -2.42. The predicted molar refractivity (Wildman–Crippen MR) is 132 cm³/mol. The fraction of sp³-hybridized carbons (Fsp3) is 0.333. The molecule has 0 bridgehead atoms. The van der Waals surface area contributed by atoms with Crippen molar-refractivity contribution in [1.29, 1.82) is 0 Å². The maximum Gasteiger partial charge on any atom is 0.243 e. The zero-order valence-corrected chi connectivity index (χ0v) is 20.7. The highest BCUT2D eigenvalue weighted by atomic mass is 32.2. The van der Waals surface area contributed by atoms with Gasteiger partial charge in [-0.1, -0.05) is 43.3 Å². The van der Waals surface area contributed by atoms with E-state index in [1.807, 2.05) is 58.9 Å². The van der Waals surface area contributed by atoms with Crippen molar-refractivity contribution in [2.24, 2.45) is 0 Å². The van der Waals surface area contributed by atoms with E-state index in [4.69, 9.17) is 0 Å². The molecule has 0 radical (unpaired) electrons. The van der Waals surface area contributed by atoms with Crippen LogP contribution in [0, 0.1) is 20.8 Å². The topological polar surface area (TPSA) is 79.4 Å². The molecule has 1 amide bonds. The van der Waals surface area contributed by atoms with Gasteiger partial charge < -0.3 is 5.32 Å². The minimum Gasteiger partial charge on any atom is -0.325 e. The Kier molecular flexibility index (Phi) is 7.59. The van der Waals surface area contributed by atoms with Gasteiger partial charge in [0, 0.05) is 24.2 Å². The summed E-state index contributed by atoms with van der Waals surface area (Å²) in [5.74, 6) is 0.141. The Balaban J connectivity index is 1.77. The number of fused-ring (bicyclic) bond motifs is 1. The summed E-state index contributed by atoms with van der Waals surface area (Å²) in [4.78, 5) is 17.3. The molecular formula is C24H29N3O3S2. The van der Waals surface area contributed by atoms with Crippen LogP contribution in [0.1, 0.15) is 30.5 Å². The Morgan fingerprint density at radius 1 is 1.00 bits per heavy atom. The van der Waals surface area contributed by atoms with Crippen molar-refractivity contribution in [1.82, 2.24) is 9.29 Å². The molecule has 2 aromatic carbocycles. The van der Waals surface area contributed by atoms with Crippen molar-refractivity contribution in [3.63, 3.8) is 0 Å².